The SMILES string of the molecule is COc1cccc(CNNc2ccccc2)c1C(F)(F)F. The van der Waals surface area contributed by atoms with E-state index in [1.165, 1.54) is 25.3 Å². The molecule has 2 rings (SSSR count). The molecule has 0 heterocycles. The van der Waals surface area contributed by atoms with Gasteiger partial charge < -0.3 is 10.2 Å². The van der Waals surface area contributed by atoms with Crippen LogP contribution >= 0.6 is 0 Å². The van der Waals surface area contributed by atoms with Gasteiger partial charge in [0, 0.05) is 12.2 Å². The lowest BCUT2D eigenvalue weighted by atomic mass is 10.1. The first-order valence-electron chi connectivity index (χ1n) is 6.29. The molecule has 0 radical (unpaired) electrons. The maximum Gasteiger partial charge on any atom is 0.420 e. The van der Waals surface area contributed by atoms with Crippen molar-refractivity contribution in [3.05, 3.63) is 59.7 Å². The zero-order valence-electron chi connectivity index (χ0n) is 11.4. The van der Waals surface area contributed by atoms with E-state index in [-0.39, 0.29) is 17.9 Å². The van der Waals surface area contributed by atoms with E-state index in [1.807, 2.05) is 30.3 Å². The van der Waals surface area contributed by atoms with E-state index in [2.05, 4.69) is 10.9 Å². The molecule has 0 spiro atoms. The topological polar surface area (TPSA) is 33.3 Å². The normalized spacial score (nSPS) is 11.2. The summed E-state index contributed by atoms with van der Waals surface area (Å²) in [7, 11) is 1.23. The molecule has 0 aromatic heterocycles. The molecule has 112 valence electrons. The van der Waals surface area contributed by atoms with Crippen molar-refractivity contribution in [2.75, 3.05) is 12.5 Å². The van der Waals surface area contributed by atoms with Crippen LogP contribution in [0.1, 0.15) is 11.1 Å². The summed E-state index contributed by atoms with van der Waals surface area (Å²) in [4.78, 5) is 0. The zero-order valence-corrected chi connectivity index (χ0v) is 11.4. The summed E-state index contributed by atoms with van der Waals surface area (Å²) in [6.45, 7) is 0.0148. The van der Waals surface area contributed by atoms with Crippen molar-refractivity contribution in [1.29, 1.82) is 0 Å². The summed E-state index contributed by atoms with van der Waals surface area (Å²) in [6, 6.07) is 13.4. The van der Waals surface area contributed by atoms with E-state index < -0.39 is 11.7 Å². The van der Waals surface area contributed by atoms with Gasteiger partial charge in [0.25, 0.3) is 0 Å². The van der Waals surface area contributed by atoms with E-state index in [1.54, 1.807) is 0 Å². The lowest BCUT2D eigenvalue weighted by Crippen LogP contribution is -2.23. The summed E-state index contributed by atoms with van der Waals surface area (Å²) >= 11 is 0. The third-order valence-corrected chi connectivity index (χ3v) is 2.90. The van der Waals surface area contributed by atoms with Crippen LogP contribution < -0.4 is 15.6 Å². The molecule has 0 amide bonds. The fourth-order valence-corrected chi connectivity index (χ4v) is 1.98. The van der Waals surface area contributed by atoms with Gasteiger partial charge in [-0.25, -0.2) is 5.43 Å². The molecule has 0 fully saturated rings. The highest BCUT2D eigenvalue weighted by Crippen LogP contribution is 2.38. The number of anilines is 1. The van der Waals surface area contributed by atoms with E-state index in [0.717, 1.165) is 5.69 Å². The van der Waals surface area contributed by atoms with E-state index in [4.69, 9.17) is 4.74 Å². The fourth-order valence-electron chi connectivity index (χ4n) is 1.98. The molecule has 0 aliphatic carbocycles. The number of nitrogens with one attached hydrogen (secondary N) is 2. The molecule has 0 saturated heterocycles. The molecular weight excluding hydrogens is 281 g/mol. The van der Waals surface area contributed by atoms with Crippen molar-refractivity contribution in [2.24, 2.45) is 0 Å². The number of hydrogen-bond acceptors (Lipinski definition) is 3. The number of hydrazine groups is 1. The minimum absolute atomic E-state index is 0.0148. The number of rotatable bonds is 5. The van der Waals surface area contributed by atoms with Crippen LogP contribution in [-0.4, -0.2) is 7.11 Å². The van der Waals surface area contributed by atoms with Crippen LogP contribution in [0.2, 0.25) is 0 Å². The number of para-hydroxylation sites is 1. The maximum absolute atomic E-state index is 13.1. The van der Waals surface area contributed by atoms with Gasteiger partial charge in [-0.2, -0.15) is 13.2 Å². The zero-order chi connectivity index (χ0) is 15.3. The van der Waals surface area contributed by atoms with Crippen LogP contribution in [0.15, 0.2) is 48.5 Å². The van der Waals surface area contributed by atoms with Gasteiger partial charge in [0.05, 0.1) is 7.11 Å². The van der Waals surface area contributed by atoms with Crippen LogP contribution in [-0.2, 0) is 12.7 Å². The van der Waals surface area contributed by atoms with Crippen molar-refractivity contribution >= 4 is 5.69 Å². The number of ether oxygens (including phenoxy) is 1. The smallest absolute Gasteiger partial charge is 0.420 e. The Morgan fingerprint density at radius 1 is 1.00 bits per heavy atom. The van der Waals surface area contributed by atoms with Crippen LogP contribution in [0.4, 0.5) is 18.9 Å². The summed E-state index contributed by atoms with van der Waals surface area (Å²) in [6.07, 6.45) is -4.46. The second-order valence-corrected chi connectivity index (χ2v) is 4.34. The molecule has 3 nitrogen and oxygen atoms in total. The molecule has 21 heavy (non-hydrogen) atoms. The van der Waals surface area contributed by atoms with Gasteiger partial charge in [-0.15, -0.1) is 0 Å². The fraction of sp³-hybridized carbons (Fsp3) is 0.200. The molecular formula is C15H15F3N2O. The van der Waals surface area contributed by atoms with Gasteiger partial charge in [0.2, 0.25) is 0 Å². The number of benzene rings is 2. The standard InChI is InChI=1S/C15H15F3N2O/c1-21-13-9-5-6-11(14(13)15(16,17)18)10-19-20-12-7-3-2-4-8-12/h2-9,19-20H,10H2,1H3. The molecule has 0 unspecified atom stereocenters. The monoisotopic (exact) mass is 296 g/mol. The third-order valence-electron chi connectivity index (χ3n) is 2.90. The quantitative estimate of drug-likeness (QED) is 0.823. The highest BCUT2D eigenvalue weighted by atomic mass is 19.4. The number of halogens is 3. The molecule has 0 atom stereocenters. The first-order valence-corrected chi connectivity index (χ1v) is 6.29. The molecule has 2 N–H and O–H groups in total. The van der Waals surface area contributed by atoms with Gasteiger partial charge in [0.15, 0.2) is 0 Å². The van der Waals surface area contributed by atoms with Crippen LogP contribution in [0.25, 0.3) is 0 Å². The summed E-state index contributed by atoms with van der Waals surface area (Å²) in [5, 5.41) is 0. The van der Waals surface area contributed by atoms with E-state index in [9.17, 15) is 13.2 Å². The number of alkyl halides is 3. The lowest BCUT2D eigenvalue weighted by Gasteiger charge is -2.17. The second-order valence-electron chi connectivity index (χ2n) is 4.34. The average Bonchev–Trinajstić information content (AvgIpc) is 2.47. The van der Waals surface area contributed by atoms with Crippen LogP contribution in [0.5, 0.6) is 5.75 Å². The molecule has 6 heteroatoms. The van der Waals surface area contributed by atoms with E-state index in [0.29, 0.717) is 0 Å². The Balaban J connectivity index is 2.13. The Morgan fingerprint density at radius 3 is 2.33 bits per heavy atom. The second kappa shape index (κ2) is 6.49. The van der Waals surface area contributed by atoms with Gasteiger partial charge in [-0.3, -0.25) is 0 Å². The van der Waals surface area contributed by atoms with Crippen LogP contribution in [0.3, 0.4) is 0 Å². The Kier molecular flexibility index (Phi) is 4.70. The van der Waals surface area contributed by atoms with Crippen molar-refractivity contribution < 1.29 is 17.9 Å². The van der Waals surface area contributed by atoms with Gasteiger partial charge in [-0.1, -0.05) is 30.3 Å². The molecule has 0 aliphatic heterocycles. The van der Waals surface area contributed by atoms with E-state index >= 15 is 0 Å². The first kappa shape index (κ1) is 15.2. The Labute approximate surface area is 120 Å². The average molecular weight is 296 g/mol. The molecule has 2 aromatic carbocycles. The van der Waals surface area contributed by atoms with Crippen molar-refractivity contribution in [3.63, 3.8) is 0 Å². The molecule has 0 aliphatic rings. The largest absolute Gasteiger partial charge is 0.496 e. The van der Waals surface area contributed by atoms with Crippen LogP contribution in [0, 0.1) is 0 Å². The lowest BCUT2D eigenvalue weighted by molar-refractivity contribution is -0.139. The summed E-state index contributed by atoms with van der Waals surface area (Å²) in [5.74, 6) is -0.179. The van der Waals surface area contributed by atoms with Gasteiger partial charge >= 0.3 is 6.18 Å². The minimum Gasteiger partial charge on any atom is -0.496 e. The maximum atomic E-state index is 13.1. The predicted octanol–water partition coefficient (Wildman–Crippen LogP) is 3.83. The molecule has 0 bridgehead atoms. The third kappa shape index (κ3) is 3.88. The van der Waals surface area contributed by atoms with Gasteiger partial charge in [-0.05, 0) is 23.8 Å². The van der Waals surface area contributed by atoms with Crippen molar-refractivity contribution in [3.8, 4) is 5.75 Å². The highest BCUT2D eigenvalue weighted by Gasteiger charge is 2.36. The predicted molar refractivity (Wildman–Crippen MR) is 74.9 cm³/mol. The van der Waals surface area contributed by atoms with Crippen molar-refractivity contribution in [2.45, 2.75) is 12.7 Å². The molecule has 2 aromatic rings. The summed E-state index contributed by atoms with van der Waals surface area (Å²) < 4.78 is 44.2. The Bertz CT molecular complexity index is 585. The number of methoxy groups -OCH3 is 1. The Morgan fingerprint density at radius 2 is 1.71 bits per heavy atom. The number of hydrogen-bond donors (Lipinski definition) is 2. The van der Waals surface area contributed by atoms with Crippen molar-refractivity contribution in [1.82, 2.24) is 5.43 Å². The van der Waals surface area contributed by atoms with Gasteiger partial charge in [0.1, 0.15) is 11.3 Å². The minimum atomic E-state index is -4.46. The highest BCUT2D eigenvalue weighted by molar-refractivity contribution is 5.44. The molecule has 0 saturated carbocycles. The summed E-state index contributed by atoms with van der Waals surface area (Å²) in [5.41, 5.74) is 5.76. The Hall–Kier alpha value is -2.21. The first-order chi connectivity index (χ1) is 10.0.